The van der Waals surface area contributed by atoms with E-state index in [-0.39, 0.29) is 11.7 Å². The van der Waals surface area contributed by atoms with Crippen molar-refractivity contribution in [1.82, 2.24) is 5.48 Å². The zero-order valence-corrected chi connectivity index (χ0v) is 8.08. The molecule has 76 valence electrons. The van der Waals surface area contributed by atoms with Gasteiger partial charge in [0.25, 0.3) is 5.91 Å². The predicted octanol–water partition coefficient (Wildman–Crippen LogP) is 1.90. The van der Waals surface area contributed by atoms with Crippen LogP contribution in [0.5, 0.6) is 0 Å². The van der Waals surface area contributed by atoms with Crippen LogP contribution >= 0.6 is 0 Å². The highest BCUT2D eigenvalue weighted by molar-refractivity contribution is 5.93. The fourth-order valence-corrected chi connectivity index (χ4v) is 0.860. The Morgan fingerprint density at radius 3 is 2.79 bits per heavy atom. The molecule has 1 rings (SSSR count). The highest BCUT2D eigenvalue weighted by Crippen LogP contribution is 2.03. The molecule has 0 heterocycles. The van der Waals surface area contributed by atoms with Crippen LogP contribution in [0.3, 0.4) is 0 Å². The Bertz CT molecular complexity index is 326. The molecular weight excluding hydrogens is 185 g/mol. The molecule has 0 fully saturated rings. The van der Waals surface area contributed by atoms with Crippen molar-refractivity contribution >= 4 is 5.91 Å². The Hall–Kier alpha value is -1.42. The number of carbonyl (C=O) groups is 1. The zero-order valence-electron chi connectivity index (χ0n) is 8.08. The number of amides is 1. The maximum Gasteiger partial charge on any atom is 0.274 e. The lowest BCUT2D eigenvalue weighted by molar-refractivity contribution is 0.000169. The number of halogens is 1. The first-order chi connectivity index (χ1) is 6.59. The lowest BCUT2D eigenvalue weighted by Crippen LogP contribution is -2.26. The minimum absolute atomic E-state index is 0.104. The summed E-state index contributed by atoms with van der Waals surface area (Å²) in [6, 6.07) is 5.42. The number of hydrogen-bond acceptors (Lipinski definition) is 2. The molecule has 1 aromatic rings. The van der Waals surface area contributed by atoms with Gasteiger partial charge in [-0.1, -0.05) is 6.07 Å². The quantitative estimate of drug-likeness (QED) is 0.751. The van der Waals surface area contributed by atoms with Gasteiger partial charge in [0.15, 0.2) is 0 Å². The topological polar surface area (TPSA) is 38.3 Å². The summed E-state index contributed by atoms with van der Waals surface area (Å²) < 4.78 is 12.7. The molecule has 1 amide bonds. The number of rotatable bonds is 3. The van der Waals surface area contributed by atoms with E-state index in [0.29, 0.717) is 0 Å². The first-order valence-electron chi connectivity index (χ1n) is 4.31. The summed E-state index contributed by atoms with van der Waals surface area (Å²) >= 11 is 0. The van der Waals surface area contributed by atoms with Crippen LogP contribution in [0.2, 0.25) is 0 Å². The third kappa shape index (κ3) is 3.14. The summed E-state index contributed by atoms with van der Waals surface area (Å²) in [7, 11) is 0. The average molecular weight is 197 g/mol. The van der Waals surface area contributed by atoms with Gasteiger partial charge < -0.3 is 0 Å². The molecule has 0 radical (unpaired) electrons. The van der Waals surface area contributed by atoms with Crippen LogP contribution in [0, 0.1) is 5.82 Å². The largest absolute Gasteiger partial charge is 0.274 e. The molecule has 1 aromatic carbocycles. The average Bonchev–Trinajstić information content (AvgIpc) is 2.14. The molecule has 0 saturated heterocycles. The van der Waals surface area contributed by atoms with E-state index in [0.717, 1.165) is 6.07 Å². The van der Waals surface area contributed by atoms with E-state index in [2.05, 4.69) is 5.48 Å². The third-order valence-electron chi connectivity index (χ3n) is 1.47. The van der Waals surface area contributed by atoms with Crippen molar-refractivity contribution in [3.63, 3.8) is 0 Å². The van der Waals surface area contributed by atoms with Gasteiger partial charge in [0.2, 0.25) is 0 Å². The van der Waals surface area contributed by atoms with Gasteiger partial charge in [-0.2, -0.15) is 0 Å². The molecular formula is C10H12FNO2. The second kappa shape index (κ2) is 4.72. The van der Waals surface area contributed by atoms with Crippen LogP contribution in [0.15, 0.2) is 24.3 Å². The van der Waals surface area contributed by atoms with Gasteiger partial charge in [-0.25, -0.2) is 9.87 Å². The zero-order chi connectivity index (χ0) is 10.6. The predicted molar refractivity (Wildman–Crippen MR) is 50.1 cm³/mol. The highest BCUT2D eigenvalue weighted by Gasteiger charge is 2.06. The summed E-state index contributed by atoms with van der Waals surface area (Å²) in [5.74, 6) is -0.889. The van der Waals surface area contributed by atoms with Crippen molar-refractivity contribution in [2.75, 3.05) is 0 Å². The monoisotopic (exact) mass is 197 g/mol. The standard InChI is InChI=1S/C10H12FNO2/c1-7(2)14-12-10(13)8-4-3-5-9(11)6-8/h3-7H,1-2H3,(H,12,13). The second-order valence-electron chi connectivity index (χ2n) is 3.11. The molecule has 0 aliphatic rings. The van der Waals surface area contributed by atoms with Crippen LogP contribution in [0.1, 0.15) is 24.2 Å². The normalized spacial score (nSPS) is 10.3. The SMILES string of the molecule is CC(C)ONC(=O)c1cccc(F)c1. The molecule has 0 saturated carbocycles. The third-order valence-corrected chi connectivity index (χ3v) is 1.47. The van der Waals surface area contributed by atoms with Crippen LogP contribution in [-0.2, 0) is 4.84 Å². The molecule has 0 spiro atoms. The number of carbonyl (C=O) groups excluding carboxylic acids is 1. The Balaban J connectivity index is 2.61. The molecule has 0 atom stereocenters. The fraction of sp³-hybridized carbons (Fsp3) is 0.300. The first-order valence-corrected chi connectivity index (χ1v) is 4.31. The molecule has 0 aromatic heterocycles. The smallest absolute Gasteiger partial charge is 0.271 e. The molecule has 4 heteroatoms. The van der Waals surface area contributed by atoms with Crippen LogP contribution < -0.4 is 5.48 Å². The maximum absolute atomic E-state index is 12.7. The lowest BCUT2D eigenvalue weighted by atomic mass is 10.2. The van der Waals surface area contributed by atoms with Crippen LogP contribution in [0.25, 0.3) is 0 Å². The first kappa shape index (κ1) is 10.7. The minimum Gasteiger partial charge on any atom is -0.271 e. The van der Waals surface area contributed by atoms with Gasteiger partial charge in [-0.15, -0.1) is 0 Å². The van der Waals surface area contributed by atoms with E-state index in [1.165, 1.54) is 18.2 Å². The second-order valence-corrected chi connectivity index (χ2v) is 3.11. The molecule has 0 aliphatic heterocycles. The van der Waals surface area contributed by atoms with Crippen molar-refractivity contribution < 1.29 is 14.0 Å². The minimum atomic E-state index is -0.446. The lowest BCUT2D eigenvalue weighted by Gasteiger charge is -2.08. The maximum atomic E-state index is 12.7. The van der Waals surface area contributed by atoms with Gasteiger partial charge in [0.05, 0.1) is 6.10 Å². The fourth-order valence-electron chi connectivity index (χ4n) is 0.860. The van der Waals surface area contributed by atoms with Gasteiger partial charge in [0.1, 0.15) is 5.82 Å². The van der Waals surface area contributed by atoms with Gasteiger partial charge >= 0.3 is 0 Å². The molecule has 14 heavy (non-hydrogen) atoms. The molecule has 3 nitrogen and oxygen atoms in total. The number of hydrogen-bond donors (Lipinski definition) is 1. The van der Waals surface area contributed by atoms with Crippen molar-refractivity contribution in [3.05, 3.63) is 35.6 Å². The number of benzene rings is 1. The van der Waals surface area contributed by atoms with E-state index >= 15 is 0 Å². The van der Waals surface area contributed by atoms with Crippen LogP contribution in [0.4, 0.5) is 4.39 Å². The number of hydroxylamine groups is 1. The van der Waals surface area contributed by atoms with E-state index in [9.17, 15) is 9.18 Å². The Kier molecular flexibility index (Phi) is 3.59. The highest BCUT2D eigenvalue weighted by atomic mass is 19.1. The molecule has 0 unspecified atom stereocenters. The summed E-state index contributed by atoms with van der Waals surface area (Å²) in [4.78, 5) is 16.2. The van der Waals surface area contributed by atoms with Gasteiger partial charge in [0, 0.05) is 5.56 Å². The summed E-state index contributed by atoms with van der Waals surface area (Å²) in [5, 5.41) is 0. The van der Waals surface area contributed by atoms with Gasteiger partial charge in [-0.3, -0.25) is 9.63 Å². The summed E-state index contributed by atoms with van der Waals surface area (Å²) in [6.45, 7) is 3.57. The van der Waals surface area contributed by atoms with E-state index in [1.54, 1.807) is 13.8 Å². The van der Waals surface area contributed by atoms with Crippen molar-refractivity contribution in [2.45, 2.75) is 20.0 Å². The Labute approximate surface area is 81.8 Å². The Morgan fingerprint density at radius 2 is 2.21 bits per heavy atom. The summed E-state index contributed by atoms with van der Waals surface area (Å²) in [5.41, 5.74) is 2.46. The van der Waals surface area contributed by atoms with Crippen LogP contribution in [-0.4, -0.2) is 12.0 Å². The molecule has 0 aliphatic carbocycles. The van der Waals surface area contributed by atoms with E-state index < -0.39 is 11.7 Å². The van der Waals surface area contributed by atoms with E-state index in [4.69, 9.17) is 4.84 Å². The van der Waals surface area contributed by atoms with Crippen molar-refractivity contribution in [2.24, 2.45) is 0 Å². The Morgan fingerprint density at radius 1 is 1.50 bits per heavy atom. The van der Waals surface area contributed by atoms with Gasteiger partial charge in [-0.05, 0) is 32.0 Å². The number of nitrogens with one attached hydrogen (secondary N) is 1. The van der Waals surface area contributed by atoms with E-state index in [1.807, 2.05) is 0 Å². The van der Waals surface area contributed by atoms with Crippen molar-refractivity contribution in [1.29, 1.82) is 0 Å². The molecule has 0 bridgehead atoms. The van der Waals surface area contributed by atoms with Crippen molar-refractivity contribution in [3.8, 4) is 0 Å². The summed E-state index contributed by atoms with van der Waals surface area (Å²) in [6.07, 6.45) is -0.104. The molecule has 1 N–H and O–H groups in total.